The van der Waals surface area contributed by atoms with E-state index in [4.69, 9.17) is 11.6 Å². The SMILES string of the molecule is O=C(Cl)c1cccc([N+](=O)[O-])c1C(F)(F)F. The molecule has 0 spiro atoms. The number of nitro groups is 1. The molecule has 16 heavy (non-hydrogen) atoms. The largest absolute Gasteiger partial charge is 0.423 e. The van der Waals surface area contributed by atoms with E-state index in [2.05, 4.69) is 0 Å². The fourth-order valence-corrected chi connectivity index (χ4v) is 1.31. The second kappa shape index (κ2) is 4.09. The zero-order chi connectivity index (χ0) is 12.5. The lowest BCUT2D eigenvalue weighted by Crippen LogP contribution is -2.13. The van der Waals surface area contributed by atoms with Gasteiger partial charge in [0.05, 0.1) is 10.5 Å². The predicted octanol–water partition coefficient (Wildman–Crippen LogP) is 2.99. The third-order valence-corrected chi connectivity index (χ3v) is 1.94. The summed E-state index contributed by atoms with van der Waals surface area (Å²) in [7, 11) is 0. The van der Waals surface area contributed by atoms with Crippen molar-refractivity contribution in [3.05, 3.63) is 39.4 Å². The summed E-state index contributed by atoms with van der Waals surface area (Å²) in [6.45, 7) is 0. The van der Waals surface area contributed by atoms with Crippen molar-refractivity contribution in [3.63, 3.8) is 0 Å². The van der Waals surface area contributed by atoms with Gasteiger partial charge in [-0.2, -0.15) is 13.2 Å². The van der Waals surface area contributed by atoms with Gasteiger partial charge >= 0.3 is 6.18 Å². The molecule has 4 nitrogen and oxygen atoms in total. The molecular weight excluding hydrogens is 251 g/mol. The number of nitrogens with zero attached hydrogens (tertiary/aromatic N) is 1. The van der Waals surface area contributed by atoms with Crippen LogP contribution in [0.1, 0.15) is 15.9 Å². The Morgan fingerprint density at radius 3 is 2.31 bits per heavy atom. The Labute approximate surface area is 91.8 Å². The molecule has 1 rings (SSSR count). The molecule has 0 aliphatic heterocycles. The number of carbonyl (C=O) groups is 1. The zero-order valence-electron chi connectivity index (χ0n) is 7.42. The fraction of sp³-hybridized carbons (Fsp3) is 0.125. The van der Waals surface area contributed by atoms with E-state index in [9.17, 15) is 28.1 Å². The maximum absolute atomic E-state index is 12.5. The fourth-order valence-electron chi connectivity index (χ4n) is 1.15. The Morgan fingerprint density at radius 2 is 1.94 bits per heavy atom. The van der Waals surface area contributed by atoms with E-state index >= 15 is 0 Å². The molecule has 1 aromatic carbocycles. The first kappa shape index (κ1) is 12.4. The summed E-state index contributed by atoms with van der Waals surface area (Å²) in [4.78, 5) is 19.9. The Balaban J connectivity index is 3.60. The van der Waals surface area contributed by atoms with Gasteiger partial charge in [0, 0.05) is 6.07 Å². The van der Waals surface area contributed by atoms with Gasteiger partial charge in [-0.25, -0.2) is 0 Å². The monoisotopic (exact) mass is 253 g/mol. The van der Waals surface area contributed by atoms with E-state index in [0.29, 0.717) is 6.07 Å². The molecule has 0 amide bonds. The van der Waals surface area contributed by atoms with Crippen molar-refractivity contribution < 1.29 is 22.9 Å². The molecule has 0 bridgehead atoms. The smallest absolute Gasteiger partial charge is 0.276 e. The van der Waals surface area contributed by atoms with Gasteiger partial charge in [-0.3, -0.25) is 14.9 Å². The summed E-state index contributed by atoms with van der Waals surface area (Å²) in [5, 5.41) is 9.00. The first-order chi connectivity index (χ1) is 7.25. The highest BCUT2D eigenvalue weighted by Crippen LogP contribution is 2.38. The average molecular weight is 254 g/mol. The van der Waals surface area contributed by atoms with Crippen molar-refractivity contribution in [2.24, 2.45) is 0 Å². The number of nitro benzene ring substituents is 1. The van der Waals surface area contributed by atoms with Crippen LogP contribution in [-0.4, -0.2) is 10.2 Å². The van der Waals surface area contributed by atoms with Crippen molar-refractivity contribution in [1.29, 1.82) is 0 Å². The molecule has 0 atom stereocenters. The normalized spacial score (nSPS) is 11.2. The lowest BCUT2D eigenvalue weighted by molar-refractivity contribution is -0.388. The molecule has 8 heteroatoms. The zero-order valence-corrected chi connectivity index (χ0v) is 8.17. The van der Waals surface area contributed by atoms with Crippen LogP contribution in [0.15, 0.2) is 18.2 Å². The molecule has 0 saturated carbocycles. The van der Waals surface area contributed by atoms with Crippen LogP contribution in [0.3, 0.4) is 0 Å². The lowest BCUT2D eigenvalue weighted by Gasteiger charge is -2.09. The van der Waals surface area contributed by atoms with Crippen LogP contribution in [0.2, 0.25) is 0 Å². The predicted molar refractivity (Wildman–Crippen MR) is 48.3 cm³/mol. The van der Waals surface area contributed by atoms with Crippen molar-refractivity contribution in [3.8, 4) is 0 Å². The minimum Gasteiger partial charge on any atom is -0.276 e. The Kier molecular flexibility index (Phi) is 3.18. The molecule has 0 saturated heterocycles. The van der Waals surface area contributed by atoms with Crippen molar-refractivity contribution in [1.82, 2.24) is 0 Å². The highest BCUT2D eigenvalue weighted by Gasteiger charge is 2.42. The molecule has 0 aliphatic carbocycles. The van der Waals surface area contributed by atoms with Gasteiger partial charge in [0.2, 0.25) is 0 Å². The van der Waals surface area contributed by atoms with Crippen LogP contribution >= 0.6 is 11.6 Å². The van der Waals surface area contributed by atoms with Gasteiger partial charge in [-0.1, -0.05) is 6.07 Å². The standard InChI is InChI=1S/C8H3ClF3NO3/c9-7(14)4-2-1-3-5(13(15)16)6(4)8(10,11)12/h1-3H. The molecule has 0 aromatic heterocycles. The Bertz CT molecular complexity index is 426. The second-order valence-corrected chi connectivity index (χ2v) is 3.07. The first-order valence-electron chi connectivity index (χ1n) is 3.79. The molecule has 0 radical (unpaired) electrons. The molecule has 0 heterocycles. The number of halogens is 4. The maximum atomic E-state index is 12.5. The van der Waals surface area contributed by atoms with Crippen LogP contribution in [0, 0.1) is 10.1 Å². The first-order valence-corrected chi connectivity index (χ1v) is 4.17. The summed E-state index contributed by atoms with van der Waals surface area (Å²) >= 11 is 4.93. The highest BCUT2D eigenvalue weighted by molar-refractivity contribution is 6.68. The Morgan fingerprint density at radius 1 is 1.38 bits per heavy atom. The maximum Gasteiger partial charge on any atom is 0.423 e. The van der Waals surface area contributed by atoms with Crippen LogP contribution < -0.4 is 0 Å². The summed E-state index contributed by atoms with van der Waals surface area (Å²) in [5.41, 5.74) is -3.75. The van der Waals surface area contributed by atoms with Crippen LogP contribution in [0.25, 0.3) is 0 Å². The van der Waals surface area contributed by atoms with Crippen LogP contribution in [0.4, 0.5) is 18.9 Å². The molecule has 0 N–H and O–H groups in total. The molecule has 1 aromatic rings. The van der Waals surface area contributed by atoms with E-state index in [1.165, 1.54) is 0 Å². The second-order valence-electron chi connectivity index (χ2n) is 2.73. The number of alkyl halides is 3. The van der Waals surface area contributed by atoms with Gasteiger partial charge in [0.25, 0.3) is 10.9 Å². The van der Waals surface area contributed by atoms with E-state index < -0.39 is 33.2 Å². The van der Waals surface area contributed by atoms with E-state index in [1.807, 2.05) is 0 Å². The van der Waals surface area contributed by atoms with Gasteiger partial charge in [-0.05, 0) is 17.7 Å². The van der Waals surface area contributed by atoms with E-state index in [-0.39, 0.29) is 0 Å². The van der Waals surface area contributed by atoms with Gasteiger partial charge < -0.3 is 0 Å². The van der Waals surface area contributed by atoms with Gasteiger partial charge in [0.1, 0.15) is 5.56 Å². The quantitative estimate of drug-likeness (QED) is 0.462. The van der Waals surface area contributed by atoms with Crippen molar-refractivity contribution in [2.75, 3.05) is 0 Å². The van der Waals surface area contributed by atoms with Crippen LogP contribution in [-0.2, 0) is 6.18 Å². The number of hydrogen-bond acceptors (Lipinski definition) is 3. The summed E-state index contributed by atoms with van der Waals surface area (Å²) < 4.78 is 37.5. The van der Waals surface area contributed by atoms with Crippen molar-refractivity contribution in [2.45, 2.75) is 6.18 Å². The topological polar surface area (TPSA) is 60.2 Å². The highest BCUT2D eigenvalue weighted by atomic mass is 35.5. The third kappa shape index (κ3) is 2.30. The lowest BCUT2D eigenvalue weighted by atomic mass is 10.1. The molecule has 0 unspecified atom stereocenters. The van der Waals surface area contributed by atoms with Crippen molar-refractivity contribution >= 4 is 22.5 Å². The number of hydrogen-bond donors (Lipinski definition) is 0. The molecule has 0 fully saturated rings. The minimum absolute atomic E-state index is 0.659. The Hall–Kier alpha value is -1.63. The number of carbonyl (C=O) groups excluding carboxylic acids is 1. The summed E-state index contributed by atoms with van der Waals surface area (Å²) in [5.74, 6) is 0. The molecule has 86 valence electrons. The van der Waals surface area contributed by atoms with Gasteiger partial charge in [0.15, 0.2) is 0 Å². The minimum atomic E-state index is -5.01. The van der Waals surface area contributed by atoms with Gasteiger partial charge in [-0.15, -0.1) is 0 Å². The third-order valence-electron chi connectivity index (χ3n) is 1.73. The summed E-state index contributed by atoms with van der Waals surface area (Å²) in [6, 6.07) is 2.40. The molecule has 0 aliphatic rings. The number of benzene rings is 1. The van der Waals surface area contributed by atoms with E-state index in [1.54, 1.807) is 0 Å². The van der Waals surface area contributed by atoms with E-state index in [0.717, 1.165) is 12.1 Å². The van der Waals surface area contributed by atoms with Crippen LogP contribution in [0.5, 0.6) is 0 Å². The number of rotatable bonds is 2. The summed E-state index contributed by atoms with van der Waals surface area (Å²) in [6.07, 6.45) is -5.01. The molecular formula is C8H3ClF3NO3. The average Bonchev–Trinajstić information content (AvgIpc) is 2.15.